The van der Waals surface area contributed by atoms with Crippen LogP contribution in [-0.2, 0) is 19.6 Å². The summed E-state index contributed by atoms with van der Waals surface area (Å²) in [5.74, 6) is 1.03. The van der Waals surface area contributed by atoms with Gasteiger partial charge in [-0.1, -0.05) is 12.8 Å². The monoisotopic (exact) mass is 317 g/mol. The van der Waals surface area contributed by atoms with Crippen molar-refractivity contribution in [2.24, 2.45) is 0 Å². The first kappa shape index (κ1) is 15.0. The van der Waals surface area contributed by atoms with E-state index in [1.807, 2.05) is 4.90 Å². The number of rotatable bonds is 3. The molecule has 126 valence electrons. The average molecular weight is 317 g/mol. The summed E-state index contributed by atoms with van der Waals surface area (Å²) in [6, 6.07) is 0.474. The summed E-state index contributed by atoms with van der Waals surface area (Å²) in [5, 5.41) is 3.19. The molecule has 1 N–H and O–H groups in total. The highest BCUT2D eigenvalue weighted by Gasteiger charge is 2.25. The Morgan fingerprint density at radius 2 is 1.91 bits per heavy atom. The van der Waals surface area contributed by atoms with Gasteiger partial charge in [0.15, 0.2) is 0 Å². The van der Waals surface area contributed by atoms with Gasteiger partial charge in [-0.3, -0.25) is 4.90 Å². The molecule has 3 aliphatic rings. The molecule has 0 atom stereocenters. The van der Waals surface area contributed by atoms with Crippen LogP contribution in [0.3, 0.4) is 0 Å². The van der Waals surface area contributed by atoms with E-state index in [-0.39, 0.29) is 6.03 Å². The summed E-state index contributed by atoms with van der Waals surface area (Å²) >= 11 is 0. The van der Waals surface area contributed by atoms with Crippen molar-refractivity contribution < 1.29 is 4.79 Å². The van der Waals surface area contributed by atoms with Gasteiger partial charge in [0.1, 0.15) is 5.82 Å². The predicted molar refractivity (Wildman–Crippen MR) is 87.9 cm³/mol. The Morgan fingerprint density at radius 3 is 2.70 bits per heavy atom. The SMILES string of the molecule is O=C(NC1CCCC1)N1CCn2cc(CN3CCCC3)nc2C1. The molecule has 23 heavy (non-hydrogen) atoms. The molecule has 0 radical (unpaired) electrons. The first-order chi connectivity index (χ1) is 11.3. The van der Waals surface area contributed by atoms with E-state index in [0.29, 0.717) is 12.6 Å². The molecule has 6 heteroatoms. The molecule has 0 bridgehead atoms. The molecule has 0 spiro atoms. The number of imidazole rings is 1. The molecule has 6 nitrogen and oxygen atoms in total. The summed E-state index contributed by atoms with van der Waals surface area (Å²) in [4.78, 5) is 21.6. The van der Waals surface area contributed by atoms with E-state index < -0.39 is 0 Å². The fraction of sp³-hybridized carbons (Fsp3) is 0.765. The second kappa shape index (κ2) is 6.51. The van der Waals surface area contributed by atoms with Crippen molar-refractivity contribution in [1.82, 2.24) is 24.7 Å². The Labute approximate surface area is 137 Å². The van der Waals surface area contributed by atoms with Crippen molar-refractivity contribution >= 4 is 6.03 Å². The van der Waals surface area contributed by atoms with E-state index in [2.05, 4.69) is 21.0 Å². The number of hydrogen-bond acceptors (Lipinski definition) is 3. The minimum atomic E-state index is 0.0900. The van der Waals surface area contributed by atoms with Gasteiger partial charge in [-0.15, -0.1) is 0 Å². The van der Waals surface area contributed by atoms with Crippen LogP contribution in [-0.4, -0.2) is 51.1 Å². The highest BCUT2D eigenvalue weighted by atomic mass is 16.2. The highest BCUT2D eigenvalue weighted by molar-refractivity contribution is 5.74. The van der Waals surface area contributed by atoms with Crippen LogP contribution < -0.4 is 5.32 Å². The molecule has 1 saturated heterocycles. The van der Waals surface area contributed by atoms with Gasteiger partial charge in [0.2, 0.25) is 0 Å². The zero-order chi connectivity index (χ0) is 15.6. The minimum Gasteiger partial charge on any atom is -0.335 e. The molecule has 4 rings (SSSR count). The maximum absolute atomic E-state index is 12.4. The van der Waals surface area contributed by atoms with Crippen LogP contribution in [0.1, 0.15) is 50.0 Å². The van der Waals surface area contributed by atoms with Crippen LogP contribution in [0, 0.1) is 0 Å². The number of nitrogens with zero attached hydrogens (tertiary/aromatic N) is 4. The average Bonchev–Trinajstić information content (AvgIpc) is 3.27. The summed E-state index contributed by atoms with van der Waals surface area (Å²) in [7, 11) is 0. The van der Waals surface area contributed by atoms with Gasteiger partial charge in [-0.05, 0) is 38.8 Å². The van der Waals surface area contributed by atoms with Crippen molar-refractivity contribution in [2.75, 3.05) is 19.6 Å². The lowest BCUT2D eigenvalue weighted by Gasteiger charge is -2.29. The van der Waals surface area contributed by atoms with E-state index in [0.717, 1.165) is 44.0 Å². The Kier molecular flexibility index (Phi) is 4.25. The number of fused-ring (bicyclic) bond motifs is 1. The van der Waals surface area contributed by atoms with Crippen LogP contribution in [0.15, 0.2) is 6.20 Å². The van der Waals surface area contributed by atoms with Gasteiger partial charge < -0.3 is 14.8 Å². The standard InChI is InChI=1S/C17H27N5O/c23-17(19-14-5-1-2-6-14)22-10-9-21-12-15(18-16(21)13-22)11-20-7-3-4-8-20/h12,14H,1-11,13H2,(H,19,23). The first-order valence-corrected chi connectivity index (χ1v) is 9.11. The van der Waals surface area contributed by atoms with E-state index in [4.69, 9.17) is 4.98 Å². The molecule has 1 saturated carbocycles. The predicted octanol–water partition coefficient (Wildman–Crippen LogP) is 1.95. The Balaban J connectivity index is 1.36. The normalized spacial score (nSPS) is 22.5. The fourth-order valence-corrected chi connectivity index (χ4v) is 4.07. The van der Waals surface area contributed by atoms with Crippen LogP contribution in [0.5, 0.6) is 0 Å². The number of carbonyl (C=O) groups is 1. The van der Waals surface area contributed by atoms with Crippen molar-refractivity contribution in [2.45, 2.75) is 64.2 Å². The largest absolute Gasteiger partial charge is 0.335 e. The number of hydrogen-bond donors (Lipinski definition) is 1. The van der Waals surface area contributed by atoms with Crippen LogP contribution in [0.2, 0.25) is 0 Å². The third-order valence-corrected chi connectivity index (χ3v) is 5.41. The molecular weight excluding hydrogens is 290 g/mol. The molecule has 2 amide bonds. The highest BCUT2D eigenvalue weighted by Crippen LogP contribution is 2.19. The molecule has 1 aromatic heterocycles. The topological polar surface area (TPSA) is 53.4 Å². The van der Waals surface area contributed by atoms with Gasteiger partial charge in [-0.2, -0.15) is 0 Å². The smallest absolute Gasteiger partial charge is 0.318 e. The molecule has 1 aliphatic carbocycles. The third-order valence-electron chi connectivity index (χ3n) is 5.41. The lowest BCUT2D eigenvalue weighted by atomic mass is 10.2. The fourth-order valence-electron chi connectivity index (χ4n) is 4.07. The van der Waals surface area contributed by atoms with Crippen LogP contribution in [0.4, 0.5) is 4.79 Å². The van der Waals surface area contributed by atoms with Crippen LogP contribution in [0.25, 0.3) is 0 Å². The number of likely N-dealkylation sites (tertiary alicyclic amines) is 1. The summed E-state index contributed by atoms with van der Waals surface area (Å²) in [5.41, 5.74) is 1.15. The van der Waals surface area contributed by atoms with Crippen molar-refractivity contribution in [3.63, 3.8) is 0 Å². The third kappa shape index (κ3) is 3.37. The van der Waals surface area contributed by atoms with Gasteiger partial charge in [0.25, 0.3) is 0 Å². The van der Waals surface area contributed by atoms with Gasteiger partial charge in [0, 0.05) is 31.9 Å². The maximum atomic E-state index is 12.4. The number of amides is 2. The maximum Gasteiger partial charge on any atom is 0.318 e. The molecule has 1 aromatic rings. The van der Waals surface area contributed by atoms with E-state index >= 15 is 0 Å². The van der Waals surface area contributed by atoms with Gasteiger partial charge in [0.05, 0.1) is 12.2 Å². The minimum absolute atomic E-state index is 0.0900. The van der Waals surface area contributed by atoms with Crippen molar-refractivity contribution in [3.05, 3.63) is 17.7 Å². The lowest BCUT2D eigenvalue weighted by molar-refractivity contribution is 0.178. The Bertz CT molecular complexity index is 557. The zero-order valence-electron chi connectivity index (χ0n) is 13.8. The molecule has 3 heterocycles. The van der Waals surface area contributed by atoms with Crippen molar-refractivity contribution in [1.29, 1.82) is 0 Å². The Morgan fingerprint density at radius 1 is 1.13 bits per heavy atom. The molecule has 0 unspecified atom stereocenters. The summed E-state index contributed by atoms with van der Waals surface area (Å²) in [6.45, 7) is 5.62. The lowest BCUT2D eigenvalue weighted by Crippen LogP contribution is -2.47. The second-order valence-electron chi connectivity index (χ2n) is 7.18. The summed E-state index contributed by atoms with van der Waals surface area (Å²) < 4.78 is 2.23. The number of carbonyl (C=O) groups excluding carboxylic acids is 1. The molecule has 2 fully saturated rings. The van der Waals surface area contributed by atoms with Crippen LogP contribution >= 0.6 is 0 Å². The molecule has 2 aliphatic heterocycles. The van der Waals surface area contributed by atoms with Crippen molar-refractivity contribution in [3.8, 4) is 0 Å². The number of aromatic nitrogens is 2. The molecule has 0 aromatic carbocycles. The number of nitrogens with one attached hydrogen (secondary N) is 1. The quantitative estimate of drug-likeness (QED) is 0.927. The zero-order valence-corrected chi connectivity index (χ0v) is 13.8. The second-order valence-corrected chi connectivity index (χ2v) is 7.18. The van der Waals surface area contributed by atoms with E-state index in [9.17, 15) is 4.79 Å². The number of urea groups is 1. The molecular formula is C17H27N5O. The first-order valence-electron chi connectivity index (χ1n) is 9.11. The van der Waals surface area contributed by atoms with E-state index in [1.54, 1.807) is 0 Å². The Hall–Kier alpha value is -1.56. The van der Waals surface area contributed by atoms with E-state index in [1.165, 1.54) is 38.8 Å². The van der Waals surface area contributed by atoms with Gasteiger partial charge >= 0.3 is 6.03 Å². The summed E-state index contributed by atoms with van der Waals surface area (Å²) in [6.07, 6.45) is 9.55. The van der Waals surface area contributed by atoms with Gasteiger partial charge in [-0.25, -0.2) is 9.78 Å².